The number of piperidine rings is 1. The molecule has 2 fully saturated rings. The molecular formula is C32H37N5O5. The monoisotopic (exact) mass is 571 g/mol. The first-order valence-electron chi connectivity index (χ1n) is 14.1. The molecule has 2 N–H and O–H groups in total. The van der Waals surface area contributed by atoms with Crippen molar-refractivity contribution in [1.82, 2.24) is 15.1 Å². The summed E-state index contributed by atoms with van der Waals surface area (Å²) in [6.45, 7) is 1.50. The van der Waals surface area contributed by atoms with Crippen molar-refractivity contribution in [2.24, 2.45) is 0 Å². The molecule has 0 bridgehead atoms. The maximum atomic E-state index is 14.0. The Hall–Kier alpha value is -4.73. The SMILES string of the molecule is COc1ccccc1CCNC(=O)CN1CN(c2ccccc2)C2(CCN(C(=O)Nc3ccccc3OC)CC2)C1=O. The van der Waals surface area contributed by atoms with Crippen LogP contribution in [0.15, 0.2) is 78.9 Å². The molecule has 0 aliphatic carbocycles. The molecule has 220 valence electrons. The average Bonchev–Trinajstić information content (AvgIpc) is 3.28. The molecule has 0 unspecified atom stereocenters. The van der Waals surface area contributed by atoms with Crippen LogP contribution in [-0.4, -0.2) is 80.3 Å². The van der Waals surface area contributed by atoms with Crippen LogP contribution in [0.5, 0.6) is 11.5 Å². The lowest BCUT2D eigenvalue weighted by Crippen LogP contribution is -2.58. The number of amides is 4. The van der Waals surface area contributed by atoms with Crippen LogP contribution in [0.3, 0.4) is 0 Å². The van der Waals surface area contributed by atoms with E-state index in [2.05, 4.69) is 15.5 Å². The van der Waals surface area contributed by atoms with Gasteiger partial charge in [0.2, 0.25) is 5.91 Å². The van der Waals surface area contributed by atoms with Gasteiger partial charge in [0.25, 0.3) is 5.91 Å². The number of likely N-dealkylation sites (tertiary alicyclic amines) is 1. The smallest absolute Gasteiger partial charge is 0.321 e. The van der Waals surface area contributed by atoms with Crippen molar-refractivity contribution in [1.29, 1.82) is 0 Å². The summed E-state index contributed by atoms with van der Waals surface area (Å²) in [6.07, 6.45) is 1.52. The van der Waals surface area contributed by atoms with Crippen molar-refractivity contribution in [2.75, 3.05) is 57.3 Å². The van der Waals surface area contributed by atoms with E-state index in [1.54, 1.807) is 36.2 Å². The lowest BCUT2D eigenvalue weighted by Gasteiger charge is -2.43. The van der Waals surface area contributed by atoms with Gasteiger partial charge in [-0.25, -0.2) is 4.79 Å². The predicted octanol–water partition coefficient (Wildman–Crippen LogP) is 3.74. The number of anilines is 2. The van der Waals surface area contributed by atoms with E-state index in [4.69, 9.17) is 9.47 Å². The number of hydrogen-bond acceptors (Lipinski definition) is 6. The summed E-state index contributed by atoms with van der Waals surface area (Å²) in [4.78, 5) is 45.5. The van der Waals surface area contributed by atoms with E-state index in [0.717, 1.165) is 17.0 Å². The molecule has 0 atom stereocenters. The van der Waals surface area contributed by atoms with Crippen LogP contribution in [0.1, 0.15) is 18.4 Å². The standard InChI is InChI=1S/C32H37N5O5/c1-41-27-14-8-6-10-24(27)16-19-33-29(38)22-36-23-37(25-11-4-3-5-12-25)32(30(36)39)17-20-35(21-18-32)31(40)34-26-13-7-9-15-28(26)42-2/h3-15H,16-23H2,1-2H3,(H,33,38)(H,34,40). The lowest BCUT2D eigenvalue weighted by molar-refractivity contribution is -0.137. The second kappa shape index (κ2) is 12.8. The fourth-order valence-corrected chi connectivity index (χ4v) is 5.82. The molecule has 2 heterocycles. The minimum absolute atomic E-state index is 0.0339. The van der Waals surface area contributed by atoms with E-state index in [1.807, 2.05) is 66.7 Å². The topological polar surface area (TPSA) is 103 Å². The van der Waals surface area contributed by atoms with Crippen LogP contribution >= 0.6 is 0 Å². The highest BCUT2D eigenvalue weighted by molar-refractivity contribution is 5.97. The molecule has 2 saturated heterocycles. The normalized spacial score (nSPS) is 16.0. The Bertz CT molecular complexity index is 1410. The van der Waals surface area contributed by atoms with Gasteiger partial charge in [-0.3, -0.25) is 9.59 Å². The van der Waals surface area contributed by atoms with Crippen LogP contribution in [0, 0.1) is 0 Å². The number of rotatable bonds is 9. The highest BCUT2D eigenvalue weighted by atomic mass is 16.5. The predicted molar refractivity (Wildman–Crippen MR) is 161 cm³/mol. The molecule has 3 aromatic rings. The second-order valence-electron chi connectivity index (χ2n) is 10.5. The van der Waals surface area contributed by atoms with E-state index in [0.29, 0.717) is 57.0 Å². The quantitative estimate of drug-likeness (QED) is 0.406. The largest absolute Gasteiger partial charge is 0.496 e. The van der Waals surface area contributed by atoms with Crippen LogP contribution in [0.4, 0.5) is 16.2 Å². The third-order valence-electron chi connectivity index (χ3n) is 8.05. The molecule has 0 radical (unpaired) electrons. The summed E-state index contributed by atoms with van der Waals surface area (Å²) < 4.78 is 10.8. The molecule has 1 spiro atoms. The number of para-hydroxylation sites is 4. The van der Waals surface area contributed by atoms with Crippen molar-refractivity contribution < 1.29 is 23.9 Å². The van der Waals surface area contributed by atoms with Gasteiger partial charge in [0.15, 0.2) is 0 Å². The molecule has 5 rings (SSSR count). The highest BCUT2D eigenvalue weighted by Crippen LogP contribution is 2.39. The van der Waals surface area contributed by atoms with Gasteiger partial charge >= 0.3 is 6.03 Å². The zero-order chi connectivity index (χ0) is 29.5. The summed E-state index contributed by atoms with van der Waals surface area (Å²) in [5, 5.41) is 5.88. The van der Waals surface area contributed by atoms with Crippen LogP contribution in [-0.2, 0) is 16.0 Å². The van der Waals surface area contributed by atoms with Gasteiger partial charge in [-0.15, -0.1) is 0 Å². The molecule has 10 heteroatoms. The highest BCUT2D eigenvalue weighted by Gasteiger charge is 2.54. The summed E-state index contributed by atoms with van der Waals surface area (Å²) in [5.74, 6) is 1.06. The molecule has 2 aliphatic heterocycles. The number of methoxy groups -OCH3 is 2. The molecular weight excluding hydrogens is 534 g/mol. The van der Waals surface area contributed by atoms with Crippen molar-refractivity contribution >= 4 is 29.2 Å². The Kier molecular flexibility index (Phi) is 8.80. The molecule has 10 nitrogen and oxygen atoms in total. The summed E-state index contributed by atoms with van der Waals surface area (Å²) in [5.41, 5.74) is 1.68. The van der Waals surface area contributed by atoms with Gasteiger partial charge in [-0.05, 0) is 55.2 Å². The molecule has 2 aliphatic rings. The molecule has 42 heavy (non-hydrogen) atoms. The first-order valence-corrected chi connectivity index (χ1v) is 14.1. The van der Waals surface area contributed by atoms with Gasteiger partial charge in [-0.1, -0.05) is 48.5 Å². The van der Waals surface area contributed by atoms with Gasteiger partial charge < -0.3 is 34.8 Å². The number of ether oxygens (including phenoxy) is 2. The summed E-state index contributed by atoms with van der Waals surface area (Å²) >= 11 is 0. The van der Waals surface area contributed by atoms with Gasteiger partial charge in [0.1, 0.15) is 23.6 Å². The van der Waals surface area contributed by atoms with Crippen molar-refractivity contribution in [3.05, 3.63) is 84.4 Å². The zero-order valence-electron chi connectivity index (χ0n) is 24.0. The van der Waals surface area contributed by atoms with E-state index >= 15 is 0 Å². The molecule has 0 saturated carbocycles. The third-order valence-corrected chi connectivity index (χ3v) is 8.05. The minimum Gasteiger partial charge on any atom is -0.496 e. The Morgan fingerprint density at radius 3 is 2.21 bits per heavy atom. The van der Waals surface area contributed by atoms with Crippen molar-refractivity contribution in [2.45, 2.75) is 24.8 Å². The first kappa shape index (κ1) is 28.8. The fourth-order valence-electron chi connectivity index (χ4n) is 5.82. The maximum Gasteiger partial charge on any atom is 0.321 e. The zero-order valence-corrected chi connectivity index (χ0v) is 24.0. The average molecular weight is 572 g/mol. The fraction of sp³-hybridized carbons (Fsp3) is 0.344. The van der Waals surface area contributed by atoms with Crippen LogP contribution < -0.4 is 25.0 Å². The number of hydrogen-bond donors (Lipinski definition) is 2. The van der Waals surface area contributed by atoms with E-state index in [1.165, 1.54) is 0 Å². The number of benzene rings is 3. The number of carbonyl (C=O) groups is 3. The summed E-state index contributed by atoms with van der Waals surface area (Å²) in [6, 6.07) is 24.5. The number of carbonyl (C=O) groups excluding carboxylic acids is 3. The lowest BCUT2D eigenvalue weighted by atomic mass is 9.85. The first-order chi connectivity index (χ1) is 20.4. The maximum absolute atomic E-state index is 14.0. The Morgan fingerprint density at radius 2 is 1.50 bits per heavy atom. The number of urea groups is 1. The van der Waals surface area contributed by atoms with Gasteiger partial charge in [0, 0.05) is 25.3 Å². The van der Waals surface area contributed by atoms with Crippen molar-refractivity contribution in [3.63, 3.8) is 0 Å². The number of nitrogens with zero attached hydrogens (tertiary/aromatic N) is 3. The second-order valence-corrected chi connectivity index (χ2v) is 10.5. The Labute approximate surface area is 246 Å². The van der Waals surface area contributed by atoms with Crippen molar-refractivity contribution in [3.8, 4) is 11.5 Å². The van der Waals surface area contributed by atoms with E-state index < -0.39 is 5.54 Å². The Morgan fingerprint density at radius 1 is 0.857 bits per heavy atom. The molecule has 3 aromatic carbocycles. The Balaban J connectivity index is 1.24. The van der Waals surface area contributed by atoms with Crippen LogP contribution in [0.2, 0.25) is 0 Å². The minimum atomic E-state index is -0.833. The van der Waals surface area contributed by atoms with Crippen LogP contribution in [0.25, 0.3) is 0 Å². The molecule has 0 aromatic heterocycles. The summed E-state index contributed by atoms with van der Waals surface area (Å²) in [7, 11) is 3.19. The van der Waals surface area contributed by atoms with E-state index in [-0.39, 0.29) is 24.4 Å². The van der Waals surface area contributed by atoms with Gasteiger partial charge in [0.05, 0.1) is 26.6 Å². The molecule has 4 amide bonds. The third kappa shape index (κ3) is 5.97. The van der Waals surface area contributed by atoms with Gasteiger partial charge in [-0.2, -0.15) is 0 Å². The number of nitrogens with one attached hydrogen (secondary N) is 2. The van der Waals surface area contributed by atoms with E-state index in [9.17, 15) is 14.4 Å².